The summed E-state index contributed by atoms with van der Waals surface area (Å²) in [6.07, 6.45) is 0. The van der Waals surface area contributed by atoms with E-state index in [1.54, 1.807) is 0 Å². The largest absolute Gasteiger partial charge is 0.339 e. The van der Waals surface area contributed by atoms with Crippen molar-refractivity contribution in [2.45, 2.75) is 9.79 Å². The minimum atomic E-state index is 0.800. The van der Waals surface area contributed by atoms with Crippen LogP contribution >= 0.6 is 35.1 Å². The van der Waals surface area contributed by atoms with E-state index in [4.69, 9.17) is 11.6 Å². The summed E-state index contributed by atoms with van der Waals surface area (Å²) in [5, 5.41) is 0.800. The highest BCUT2D eigenvalue weighted by Crippen LogP contribution is 2.48. The Morgan fingerprint density at radius 3 is 2.65 bits per heavy atom. The smallest absolute Gasteiger partial charge is 0.0568 e. The van der Waals surface area contributed by atoms with Gasteiger partial charge in [0.15, 0.2) is 0 Å². The third kappa shape index (κ3) is 4.18. The van der Waals surface area contributed by atoms with Gasteiger partial charge >= 0.3 is 0 Å². The molecule has 0 radical (unpaired) electrons. The lowest BCUT2D eigenvalue weighted by Gasteiger charge is -2.32. The first kappa shape index (κ1) is 17.0. The molecule has 0 N–H and O–H groups in total. The van der Waals surface area contributed by atoms with Crippen molar-refractivity contribution in [2.75, 3.05) is 43.6 Å². The molecule has 0 fully saturated rings. The Morgan fingerprint density at radius 2 is 1.83 bits per heavy atom. The van der Waals surface area contributed by atoms with E-state index in [1.807, 2.05) is 29.6 Å². The Labute approximate surface area is 152 Å². The van der Waals surface area contributed by atoms with Gasteiger partial charge in [0, 0.05) is 39.4 Å². The van der Waals surface area contributed by atoms with Crippen LogP contribution in [-0.2, 0) is 0 Å². The molecule has 0 aliphatic carbocycles. The second-order valence-electron chi connectivity index (χ2n) is 5.75. The molecule has 2 nitrogen and oxygen atoms in total. The summed E-state index contributed by atoms with van der Waals surface area (Å²) in [6.45, 7) is 2.13. The van der Waals surface area contributed by atoms with Crippen LogP contribution in [0.3, 0.4) is 0 Å². The Balaban J connectivity index is 1.77. The molecule has 5 heteroatoms. The highest BCUT2D eigenvalue weighted by Gasteiger charge is 2.22. The zero-order valence-electron chi connectivity index (χ0n) is 13.5. The van der Waals surface area contributed by atoms with Gasteiger partial charge in [-0.15, -0.1) is 0 Å². The van der Waals surface area contributed by atoms with E-state index < -0.39 is 0 Å². The van der Waals surface area contributed by atoms with Gasteiger partial charge in [0.1, 0.15) is 0 Å². The van der Waals surface area contributed by atoms with Crippen LogP contribution in [0.4, 0.5) is 11.4 Å². The monoisotopic (exact) mass is 364 g/mol. The maximum atomic E-state index is 6.24. The van der Waals surface area contributed by atoms with Crippen molar-refractivity contribution in [1.82, 2.24) is 4.90 Å². The van der Waals surface area contributed by atoms with Gasteiger partial charge in [-0.05, 0) is 44.4 Å². The fraction of sp³-hybridized carbons (Fsp3) is 0.333. The van der Waals surface area contributed by atoms with Crippen molar-refractivity contribution < 1.29 is 0 Å². The van der Waals surface area contributed by atoms with E-state index in [-0.39, 0.29) is 0 Å². The number of thioether (sulfide) groups is 1. The number of para-hydroxylation sites is 1. The van der Waals surface area contributed by atoms with Crippen molar-refractivity contribution in [3.63, 3.8) is 0 Å². The molecule has 2 aromatic carbocycles. The first-order valence-electron chi connectivity index (χ1n) is 7.71. The number of fused-ring (bicyclic) bond motifs is 2. The number of hydrogen-bond acceptors (Lipinski definition) is 4. The molecule has 0 unspecified atom stereocenters. The lowest BCUT2D eigenvalue weighted by Crippen LogP contribution is -2.24. The van der Waals surface area contributed by atoms with Crippen LogP contribution in [0.15, 0.2) is 52.3 Å². The number of hydrogen-bond donors (Lipinski definition) is 0. The van der Waals surface area contributed by atoms with Crippen molar-refractivity contribution >= 4 is 46.5 Å². The van der Waals surface area contributed by atoms with Gasteiger partial charge in [-0.2, -0.15) is 11.8 Å². The lowest BCUT2D eigenvalue weighted by molar-refractivity contribution is 0.437. The molecule has 23 heavy (non-hydrogen) atoms. The van der Waals surface area contributed by atoms with Crippen molar-refractivity contribution in [3.05, 3.63) is 47.5 Å². The summed E-state index contributed by atoms with van der Waals surface area (Å²) in [4.78, 5) is 7.25. The minimum Gasteiger partial charge on any atom is -0.339 e. The second kappa shape index (κ2) is 7.84. The normalized spacial score (nSPS) is 13.1. The third-order valence-electron chi connectivity index (χ3n) is 3.73. The summed E-state index contributed by atoms with van der Waals surface area (Å²) in [7, 11) is 4.24. The van der Waals surface area contributed by atoms with E-state index in [9.17, 15) is 0 Å². The summed E-state index contributed by atoms with van der Waals surface area (Å²) in [5.74, 6) is 2.28. The van der Waals surface area contributed by atoms with Crippen LogP contribution < -0.4 is 4.90 Å². The van der Waals surface area contributed by atoms with Gasteiger partial charge in [-0.25, -0.2) is 0 Å². The SMILES string of the molecule is CN(C)CCSCCN1c2ccccc2Sc2ccc(Cl)cc21. The molecule has 0 saturated carbocycles. The molecule has 0 amide bonds. The van der Waals surface area contributed by atoms with Gasteiger partial charge in [-0.3, -0.25) is 0 Å². The maximum Gasteiger partial charge on any atom is 0.0568 e. The summed E-state index contributed by atoms with van der Waals surface area (Å²) >= 11 is 10.1. The van der Waals surface area contributed by atoms with Crippen LogP contribution in [0, 0.1) is 0 Å². The van der Waals surface area contributed by atoms with Gasteiger partial charge in [-0.1, -0.05) is 35.5 Å². The van der Waals surface area contributed by atoms with Crippen LogP contribution in [0.2, 0.25) is 5.02 Å². The zero-order valence-corrected chi connectivity index (χ0v) is 15.8. The minimum absolute atomic E-state index is 0.800. The van der Waals surface area contributed by atoms with Gasteiger partial charge in [0.25, 0.3) is 0 Å². The van der Waals surface area contributed by atoms with Gasteiger partial charge in [0.05, 0.1) is 11.4 Å². The Hall–Kier alpha value is -0.810. The molecule has 0 atom stereocenters. The molecule has 2 aromatic rings. The number of rotatable bonds is 6. The first-order valence-corrected chi connectivity index (χ1v) is 10.1. The van der Waals surface area contributed by atoms with Crippen molar-refractivity contribution in [1.29, 1.82) is 0 Å². The predicted octanol–water partition coefficient (Wildman–Crippen LogP) is 5.24. The quantitative estimate of drug-likeness (QED) is 0.646. The summed E-state index contributed by atoms with van der Waals surface area (Å²) < 4.78 is 0. The molecule has 122 valence electrons. The Morgan fingerprint density at radius 1 is 1.04 bits per heavy atom. The molecule has 0 saturated heterocycles. The fourth-order valence-corrected chi connectivity index (χ4v) is 4.80. The highest BCUT2D eigenvalue weighted by atomic mass is 35.5. The van der Waals surface area contributed by atoms with Crippen LogP contribution in [-0.4, -0.2) is 43.6 Å². The standard InChI is InChI=1S/C18H21ClN2S2/c1-20(2)9-11-22-12-10-21-15-5-3-4-6-17(15)23-18-8-7-14(19)13-16(18)21/h3-8,13H,9-12H2,1-2H3. The maximum absolute atomic E-state index is 6.24. The predicted molar refractivity (Wildman–Crippen MR) is 105 cm³/mol. The molecule has 0 bridgehead atoms. The van der Waals surface area contributed by atoms with E-state index in [1.165, 1.54) is 26.9 Å². The molecule has 1 heterocycles. The van der Waals surface area contributed by atoms with Gasteiger partial charge < -0.3 is 9.80 Å². The molecule has 0 spiro atoms. The molecule has 1 aliphatic heterocycles. The van der Waals surface area contributed by atoms with Crippen LogP contribution in [0.1, 0.15) is 0 Å². The summed E-state index contributed by atoms with van der Waals surface area (Å²) in [5.41, 5.74) is 2.52. The average Bonchev–Trinajstić information content (AvgIpc) is 2.54. The molecular weight excluding hydrogens is 344 g/mol. The van der Waals surface area contributed by atoms with E-state index >= 15 is 0 Å². The third-order valence-corrected chi connectivity index (χ3v) is 6.04. The van der Waals surface area contributed by atoms with Crippen molar-refractivity contribution in [2.24, 2.45) is 0 Å². The van der Waals surface area contributed by atoms with Crippen molar-refractivity contribution in [3.8, 4) is 0 Å². The number of benzene rings is 2. The topological polar surface area (TPSA) is 6.48 Å². The Kier molecular flexibility index (Phi) is 5.81. The second-order valence-corrected chi connectivity index (χ2v) is 8.49. The fourth-order valence-electron chi connectivity index (χ4n) is 2.55. The van der Waals surface area contributed by atoms with Gasteiger partial charge in [0.2, 0.25) is 0 Å². The average molecular weight is 365 g/mol. The Bertz CT molecular complexity index is 676. The first-order chi connectivity index (χ1) is 11.1. The molecule has 3 rings (SSSR count). The highest BCUT2D eigenvalue weighted by molar-refractivity contribution is 8.00. The molecular formula is C18H21ClN2S2. The number of nitrogens with zero attached hydrogens (tertiary/aromatic N) is 2. The van der Waals surface area contributed by atoms with E-state index in [2.05, 4.69) is 60.3 Å². The van der Waals surface area contributed by atoms with E-state index in [0.29, 0.717) is 0 Å². The van der Waals surface area contributed by atoms with Crippen LogP contribution in [0.25, 0.3) is 0 Å². The number of halogens is 1. The van der Waals surface area contributed by atoms with Crippen LogP contribution in [0.5, 0.6) is 0 Å². The zero-order chi connectivity index (χ0) is 16.2. The lowest BCUT2D eigenvalue weighted by atomic mass is 10.2. The van der Waals surface area contributed by atoms with E-state index in [0.717, 1.165) is 23.9 Å². The number of anilines is 2. The molecule has 1 aliphatic rings. The summed E-state index contributed by atoms with van der Waals surface area (Å²) in [6, 6.07) is 14.8. The molecule has 0 aromatic heterocycles.